The first-order valence-electron chi connectivity index (χ1n) is 9.73. The summed E-state index contributed by atoms with van der Waals surface area (Å²) in [5.41, 5.74) is 11.6. The van der Waals surface area contributed by atoms with E-state index in [1.165, 1.54) is 22.5 Å². The van der Waals surface area contributed by atoms with E-state index in [9.17, 15) is 4.79 Å². The number of benzene rings is 1. The lowest BCUT2D eigenvalue weighted by atomic mass is 10.0. The minimum absolute atomic E-state index is 0.148. The van der Waals surface area contributed by atoms with Crippen molar-refractivity contribution in [2.24, 2.45) is 0 Å². The predicted octanol–water partition coefficient (Wildman–Crippen LogP) is 3.67. The summed E-state index contributed by atoms with van der Waals surface area (Å²) >= 11 is 1.38. The Morgan fingerprint density at radius 3 is 2.79 bits per heavy atom. The van der Waals surface area contributed by atoms with Crippen LogP contribution in [0.25, 0.3) is 10.2 Å². The van der Waals surface area contributed by atoms with Gasteiger partial charge in [0.1, 0.15) is 9.71 Å². The van der Waals surface area contributed by atoms with Gasteiger partial charge in [-0.2, -0.15) is 0 Å². The van der Waals surface area contributed by atoms with Crippen LogP contribution in [0.2, 0.25) is 0 Å². The van der Waals surface area contributed by atoms with Crippen molar-refractivity contribution in [2.45, 2.75) is 32.6 Å². The molecule has 4 rings (SSSR count). The number of ether oxygens (including phenoxy) is 2. The molecule has 152 valence electrons. The summed E-state index contributed by atoms with van der Waals surface area (Å²) in [5, 5.41) is 3.93. The highest BCUT2D eigenvalue weighted by Crippen LogP contribution is 2.38. The van der Waals surface area contributed by atoms with Crippen molar-refractivity contribution in [3.8, 4) is 11.5 Å². The third kappa shape index (κ3) is 3.51. The van der Waals surface area contributed by atoms with E-state index >= 15 is 0 Å². The van der Waals surface area contributed by atoms with E-state index < -0.39 is 0 Å². The first-order chi connectivity index (χ1) is 14.0. The Morgan fingerprint density at radius 2 is 2.03 bits per heavy atom. The Balaban J connectivity index is 1.49. The largest absolute Gasteiger partial charge is 0.493 e. The van der Waals surface area contributed by atoms with Crippen molar-refractivity contribution in [3.05, 3.63) is 45.5 Å². The number of hydrogen-bond donors (Lipinski definition) is 2. The lowest BCUT2D eigenvalue weighted by molar-refractivity contribution is 0.0959. The Kier molecular flexibility index (Phi) is 5.32. The van der Waals surface area contributed by atoms with Gasteiger partial charge in [0, 0.05) is 17.6 Å². The van der Waals surface area contributed by atoms with Gasteiger partial charge >= 0.3 is 0 Å². The van der Waals surface area contributed by atoms with E-state index in [4.69, 9.17) is 20.2 Å². The number of nitrogens with two attached hydrogens (primary N) is 1. The second-order valence-electron chi connectivity index (χ2n) is 7.24. The van der Waals surface area contributed by atoms with Crippen LogP contribution in [-0.4, -0.2) is 31.7 Å². The van der Waals surface area contributed by atoms with Crippen molar-refractivity contribution in [2.75, 3.05) is 26.5 Å². The molecule has 0 unspecified atom stereocenters. The number of carbonyl (C=O) groups is 1. The van der Waals surface area contributed by atoms with Gasteiger partial charge in [-0.25, -0.2) is 4.98 Å². The van der Waals surface area contributed by atoms with Gasteiger partial charge in [-0.15, -0.1) is 11.3 Å². The first-order valence-corrected chi connectivity index (χ1v) is 10.5. The minimum Gasteiger partial charge on any atom is -0.493 e. The highest BCUT2D eigenvalue weighted by Gasteiger charge is 2.23. The van der Waals surface area contributed by atoms with Crippen LogP contribution in [-0.2, 0) is 19.3 Å². The number of nitrogens with one attached hydrogen (secondary N) is 1. The monoisotopic (exact) mass is 411 g/mol. The zero-order valence-electron chi connectivity index (χ0n) is 16.9. The predicted molar refractivity (Wildman–Crippen MR) is 116 cm³/mol. The van der Waals surface area contributed by atoms with Crippen LogP contribution >= 0.6 is 11.3 Å². The molecule has 1 aliphatic carbocycles. The van der Waals surface area contributed by atoms with Crippen LogP contribution in [0.1, 0.15) is 38.5 Å². The van der Waals surface area contributed by atoms with Crippen molar-refractivity contribution in [1.82, 2.24) is 10.3 Å². The molecule has 1 amide bonds. The van der Waals surface area contributed by atoms with E-state index in [1.54, 1.807) is 14.2 Å². The molecule has 29 heavy (non-hydrogen) atoms. The summed E-state index contributed by atoms with van der Waals surface area (Å²) in [6.07, 6.45) is 3.88. The molecule has 0 atom stereocenters. The Morgan fingerprint density at radius 1 is 1.24 bits per heavy atom. The number of aromatic nitrogens is 1. The molecule has 6 nitrogen and oxygen atoms in total. The van der Waals surface area contributed by atoms with Crippen molar-refractivity contribution in [1.29, 1.82) is 0 Å². The number of carbonyl (C=O) groups excluding carboxylic acids is 1. The summed E-state index contributed by atoms with van der Waals surface area (Å²) in [6.45, 7) is 2.60. The molecule has 0 aliphatic heterocycles. The highest BCUT2D eigenvalue weighted by molar-refractivity contribution is 7.21. The molecule has 3 aromatic rings. The van der Waals surface area contributed by atoms with E-state index in [-0.39, 0.29) is 5.91 Å². The average molecular weight is 412 g/mol. The third-order valence-electron chi connectivity index (χ3n) is 5.53. The molecule has 0 spiro atoms. The summed E-state index contributed by atoms with van der Waals surface area (Å²) in [4.78, 5) is 19.0. The van der Waals surface area contributed by atoms with Gasteiger partial charge in [0.25, 0.3) is 5.91 Å². The Bertz CT molecular complexity index is 1090. The number of aryl methyl sites for hydroxylation is 2. The maximum atomic E-state index is 12.8. The molecule has 7 heteroatoms. The van der Waals surface area contributed by atoms with Gasteiger partial charge in [-0.1, -0.05) is 6.07 Å². The highest BCUT2D eigenvalue weighted by atomic mass is 32.1. The van der Waals surface area contributed by atoms with Crippen molar-refractivity contribution < 1.29 is 14.3 Å². The SMILES string of the molecule is COc1ccc(CCNC(=O)c2sc3nc4c(c(C)c3c2N)CCC4)cc1OC. The van der Waals surface area contributed by atoms with Crippen molar-refractivity contribution in [3.63, 3.8) is 0 Å². The molecule has 3 N–H and O–H groups in total. The van der Waals surface area contributed by atoms with E-state index in [0.717, 1.165) is 40.7 Å². The fourth-order valence-electron chi connectivity index (χ4n) is 4.01. The average Bonchev–Trinajstić information content (AvgIpc) is 3.32. The number of anilines is 1. The quantitative estimate of drug-likeness (QED) is 0.646. The number of methoxy groups -OCH3 is 2. The summed E-state index contributed by atoms with van der Waals surface area (Å²) in [7, 11) is 3.22. The van der Waals surface area contributed by atoms with Crippen LogP contribution in [0.15, 0.2) is 18.2 Å². The third-order valence-corrected chi connectivity index (χ3v) is 6.63. The molecule has 0 bridgehead atoms. The maximum Gasteiger partial charge on any atom is 0.263 e. The summed E-state index contributed by atoms with van der Waals surface area (Å²) in [6, 6.07) is 5.76. The normalized spacial score (nSPS) is 12.8. The van der Waals surface area contributed by atoms with E-state index in [0.29, 0.717) is 35.0 Å². The van der Waals surface area contributed by atoms with Gasteiger partial charge in [-0.05, 0) is 61.4 Å². The van der Waals surface area contributed by atoms with Gasteiger partial charge in [0.2, 0.25) is 0 Å². The lowest BCUT2D eigenvalue weighted by Gasteiger charge is -2.10. The van der Waals surface area contributed by atoms with E-state index in [2.05, 4.69) is 12.2 Å². The molecular weight excluding hydrogens is 386 g/mol. The van der Waals surface area contributed by atoms with Crippen LogP contribution in [0.5, 0.6) is 11.5 Å². The number of pyridine rings is 1. The molecule has 2 heterocycles. The molecule has 1 aromatic carbocycles. The zero-order valence-corrected chi connectivity index (χ0v) is 17.7. The van der Waals surface area contributed by atoms with Crippen LogP contribution in [0, 0.1) is 6.92 Å². The van der Waals surface area contributed by atoms with Gasteiger partial charge in [0.05, 0.1) is 19.9 Å². The number of hydrogen-bond acceptors (Lipinski definition) is 6. The number of fused-ring (bicyclic) bond motifs is 2. The van der Waals surface area contributed by atoms with Gasteiger partial charge in [-0.3, -0.25) is 4.79 Å². The molecule has 0 fully saturated rings. The molecule has 0 radical (unpaired) electrons. The molecule has 0 saturated heterocycles. The summed E-state index contributed by atoms with van der Waals surface area (Å²) < 4.78 is 10.6. The fourth-order valence-corrected chi connectivity index (χ4v) is 5.10. The van der Waals surface area contributed by atoms with Crippen LogP contribution < -0.4 is 20.5 Å². The van der Waals surface area contributed by atoms with Crippen LogP contribution in [0.3, 0.4) is 0 Å². The molecule has 2 aromatic heterocycles. The lowest BCUT2D eigenvalue weighted by Crippen LogP contribution is -2.25. The zero-order chi connectivity index (χ0) is 20.5. The first kappa shape index (κ1) is 19.5. The second kappa shape index (κ2) is 7.91. The van der Waals surface area contributed by atoms with Gasteiger partial charge in [0.15, 0.2) is 11.5 Å². The Hall–Kier alpha value is -2.80. The maximum absolute atomic E-state index is 12.8. The van der Waals surface area contributed by atoms with E-state index in [1.807, 2.05) is 18.2 Å². The minimum atomic E-state index is -0.148. The number of nitrogen functional groups attached to an aromatic ring is 1. The van der Waals surface area contributed by atoms with Gasteiger partial charge < -0.3 is 20.5 Å². The Labute approximate surface area is 174 Å². The number of thiophene rings is 1. The second-order valence-corrected chi connectivity index (χ2v) is 8.23. The fraction of sp³-hybridized carbons (Fsp3) is 0.364. The molecular formula is C22H25N3O3S. The standard InChI is InChI=1S/C22H25N3O3S/c1-12-14-5-4-6-15(14)25-22-18(12)19(23)20(29-22)21(26)24-10-9-13-7-8-16(27-2)17(11-13)28-3/h7-8,11H,4-6,9-10,23H2,1-3H3,(H,24,26). The number of amides is 1. The number of rotatable bonds is 6. The topological polar surface area (TPSA) is 86.5 Å². The van der Waals surface area contributed by atoms with Crippen molar-refractivity contribution >= 4 is 33.1 Å². The molecule has 1 aliphatic rings. The summed E-state index contributed by atoms with van der Waals surface area (Å²) in [5.74, 6) is 1.22. The van der Waals surface area contributed by atoms with Crippen LogP contribution in [0.4, 0.5) is 5.69 Å². The number of nitrogens with zero attached hydrogens (tertiary/aromatic N) is 1. The smallest absolute Gasteiger partial charge is 0.263 e. The molecule has 0 saturated carbocycles.